The van der Waals surface area contributed by atoms with Gasteiger partial charge in [0.15, 0.2) is 0 Å². The minimum Gasteiger partial charge on any atom is -0.393 e. The maximum absolute atomic E-state index is 9.65. The van der Waals surface area contributed by atoms with Crippen molar-refractivity contribution in [1.82, 2.24) is 0 Å². The molecule has 0 aromatic heterocycles. The van der Waals surface area contributed by atoms with Crippen LogP contribution in [0.2, 0.25) is 0 Å². The summed E-state index contributed by atoms with van der Waals surface area (Å²) in [6, 6.07) is 0. The van der Waals surface area contributed by atoms with Gasteiger partial charge in [-0.1, -0.05) is 13.8 Å². The molecule has 2 rings (SSSR count). The largest absolute Gasteiger partial charge is 0.393 e. The van der Waals surface area contributed by atoms with Gasteiger partial charge in [-0.3, -0.25) is 0 Å². The minimum atomic E-state index is -0.184. The van der Waals surface area contributed by atoms with Crippen LogP contribution in [-0.4, -0.2) is 22.4 Å². The predicted molar refractivity (Wildman–Crippen MR) is 42.1 cm³/mol. The molecule has 0 spiro atoms. The van der Waals surface area contributed by atoms with Gasteiger partial charge in [-0.15, -0.1) is 0 Å². The zero-order valence-electron chi connectivity index (χ0n) is 7.17. The van der Waals surface area contributed by atoms with Crippen molar-refractivity contribution in [3.63, 3.8) is 0 Å². The van der Waals surface area contributed by atoms with E-state index in [2.05, 4.69) is 13.8 Å². The highest BCUT2D eigenvalue weighted by atomic mass is 16.3. The summed E-state index contributed by atoms with van der Waals surface area (Å²) in [6.07, 6.45) is 2.18. The van der Waals surface area contributed by atoms with Gasteiger partial charge < -0.3 is 10.2 Å². The molecule has 2 nitrogen and oxygen atoms in total. The summed E-state index contributed by atoms with van der Waals surface area (Å²) in [5.74, 6) is 0. The second kappa shape index (κ2) is 1.80. The second-order valence-corrected chi connectivity index (χ2v) is 4.92. The van der Waals surface area contributed by atoms with Crippen LogP contribution in [0.5, 0.6) is 0 Å². The Morgan fingerprint density at radius 2 is 1.36 bits per heavy atom. The maximum Gasteiger partial charge on any atom is 0.0601 e. The molecule has 2 N–H and O–H groups in total. The molecule has 0 saturated heterocycles. The normalized spacial score (nSPS) is 62.2. The van der Waals surface area contributed by atoms with Gasteiger partial charge in [0, 0.05) is 0 Å². The van der Waals surface area contributed by atoms with Crippen LogP contribution < -0.4 is 0 Å². The lowest BCUT2D eigenvalue weighted by Gasteiger charge is -2.32. The zero-order chi connectivity index (χ0) is 8.28. The number of rotatable bonds is 0. The van der Waals surface area contributed by atoms with Gasteiger partial charge in [-0.2, -0.15) is 0 Å². The van der Waals surface area contributed by atoms with Crippen LogP contribution >= 0.6 is 0 Å². The van der Waals surface area contributed by atoms with E-state index in [0.29, 0.717) is 0 Å². The van der Waals surface area contributed by atoms with Gasteiger partial charge >= 0.3 is 0 Å². The van der Waals surface area contributed by atoms with Gasteiger partial charge in [0.2, 0.25) is 0 Å². The summed E-state index contributed by atoms with van der Waals surface area (Å²) in [6.45, 7) is 4.16. The summed E-state index contributed by atoms with van der Waals surface area (Å²) in [7, 11) is 0. The molecule has 2 aliphatic rings. The Kier molecular flexibility index (Phi) is 1.24. The molecular formula is C9H16O2. The molecule has 0 aliphatic heterocycles. The van der Waals surface area contributed by atoms with Gasteiger partial charge in [0.1, 0.15) is 0 Å². The van der Waals surface area contributed by atoms with E-state index in [1.54, 1.807) is 0 Å². The van der Waals surface area contributed by atoms with Crippen molar-refractivity contribution in [2.24, 2.45) is 10.8 Å². The summed E-state index contributed by atoms with van der Waals surface area (Å²) in [5.41, 5.74) is 0.0162. The quantitative estimate of drug-likeness (QED) is 0.547. The van der Waals surface area contributed by atoms with Gasteiger partial charge in [-0.05, 0) is 30.1 Å². The molecule has 4 atom stereocenters. The summed E-state index contributed by atoms with van der Waals surface area (Å²) >= 11 is 0. The Morgan fingerprint density at radius 1 is 1.00 bits per heavy atom. The van der Waals surface area contributed by atoms with Crippen LogP contribution in [0.3, 0.4) is 0 Å². The monoisotopic (exact) mass is 156 g/mol. The molecule has 2 heteroatoms. The van der Waals surface area contributed by atoms with E-state index < -0.39 is 0 Å². The van der Waals surface area contributed by atoms with Crippen LogP contribution in [0.15, 0.2) is 0 Å². The first-order valence-corrected chi connectivity index (χ1v) is 4.32. The lowest BCUT2D eigenvalue weighted by molar-refractivity contribution is -0.0203. The number of fused-ring (bicyclic) bond motifs is 2. The predicted octanol–water partition coefficient (Wildman–Crippen LogP) is 0.918. The topological polar surface area (TPSA) is 40.5 Å². The lowest BCUT2D eigenvalue weighted by Crippen LogP contribution is -2.35. The standard InChI is InChI=1S/C9H16O2/c1-8-3-7(11)9(2,5-8)4-6(8)10/h6-7,10-11H,3-5H2,1-2H3. The average Bonchev–Trinajstić information content (AvgIpc) is 2.15. The molecule has 0 aromatic carbocycles. The summed E-state index contributed by atoms with van der Waals surface area (Å²) in [5, 5.41) is 19.3. The molecule has 2 saturated carbocycles. The first-order chi connectivity index (χ1) is 4.96. The van der Waals surface area contributed by atoms with Crippen molar-refractivity contribution in [2.75, 3.05) is 0 Å². The molecule has 0 radical (unpaired) electrons. The van der Waals surface area contributed by atoms with Crippen LogP contribution in [0.4, 0.5) is 0 Å². The van der Waals surface area contributed by atoms with Crippen molar-refractivity contribution in [2.45, 2.75) is 45.3 Å². The summed E-state index contributed by atoms with van der Waals surface area (Å²) in [4.78, 5) is 0. The third-order valence-electron chi connectivity index (χ3n) is 3.74. The van der Waals surface area contributed by atoms with Gasteiger partial charge in [-0.25, -0.2) is 0 Å². The molecule has 2 fully saturated rings. The van der Waals surface area contributed by atoms with Crippen LogP contribution in [0.1, 0.15) is 33.1 Å². The highest BCUT2D eigenvalue weighted by Gasteiger charge is 2.59. The molecule has 64 valence electrons. The van der Waals surface area contributed by atoms with Gasteiger partial charge in [0.05, 0.1) is 12.2 Å². The smallest absolute Gasteiger partial charge is 0.0601 e. The Labute approximate surface area is 67.2 Å². The molecule has 0 aromatic rings. The second-order valence-electron chi connectivity index (χ2n) is 4.92. The number of hydrogen-bond acceptors (Lipinski definition) is 2. The van der Waals surface area contributed by atoms with Crippen molar-refractivity contribution < 1.29 is 10.2 Å². The van der Waals surface area contributed by atoms with Gasteiger partial charge in [0.25, 0.3) is 0 Å². The molecule has 2 bridgehead atoms. The van der Waals surface area contributed by atoms with E-state index in [0.717, 1.165) is 19.3 Å². The summed E-state index contributed by atoms with van der Waals surface area (Å²) < 4.78 is 0. The van der Waals surface area contributed by atoms with Crippen molar-refractivity contribution in [3.8, 4) is 0 Å². The number of hydrogen-bond donors (Lipinski definition) is 2. The third kappa shape index (κ3) is 0.798. The Morgan fingerprint density at radius 3 is 1.55 bits per heavy atom. The fourth-order valence-electron chi connectivity index (χ4n) is 2.95. The van der Waals surface area contributed by atoms with Crippen molar-refractivity contribution >= 4 is 0 Å². The molecule has 11 heavy (non-hydrogen) atoms. The molecule has 4 unspecified atom stereocenters. The maximum atomic E-state index is 9.65. The Hall–Kier alpha value is -0.0800. The van der Waals surface area contributed by atoms with E-state index >= 15 is 0 Å². The lowest BCUT2D eigenvalue weighted by atomic mass is 9.80. The Balaban J connectivity index is 2.31. The third-order valence-corrected chi connectivity index (χ3v) is 3.74. The first kappa shape index (κ1) is 7.56. The number of aliphatic hydroxyl groups is 2. The van der Waals surface area contributed by atoms with Crippen molar-refractivity contribution in [1.29, 1.82) is 0 Å². The first-order valence-electron chi connectivity index (χ1n) is 4.32. The molecule has 0 amide bonds. The average molecular weight is 156 g/mol. The molecule has 0 heterocycles. The SMILES string of the molecule is CC12CC(O)C(C)(CC1O)C2. The fourth-order valence-corrected chi connectivity index (χ4v) is 2.95. The van der Waals surface area contributed by atoms with E-state index in [4.69, 9.17) is 0 Å². The van der Waals surface area contributed by atoms with E-state index in [1.807, 2.05) is 0 Å². The van der Waals surface area contributed by atoms with E-state index in [9.17, 15) is 10.2 Å². The highest BCUT2D eigenvalue weighted by Crippen LogP contribution is 2.60. The van der Waals surface area contributed by atoms with E-state index in [1.165, 1.54) is 0 Å². The Bertz CT molecular complexity index is 172. The number of aliphatic hydroxyl groups excluding tert-OH is 2. The zero-order valence-corrected chi connectivity index (χ0v) is 7.17. The van der Waals surface area contributed by atoms with Crippen LogP contribution in [-0.2, 0) is 0 Å². The van der Waals surface area contributed by atoms with Crippen molar-refractivity contribution in [3.05, 3.63) is 0 Å². The minimum absolute atomic E-state index is 0.00810. The fraction of sp³-hybridized carbons (Fsp3) is 1.00. The van der Waals surface area contributed by atoms with Crippen LogP contribution in [0.25, 0.3) is 0 Å². The molecular weight excluding hydrogens is 140 g/mol. The van der Waals surface area contributed by atoms with Crippen LogP contribution in [0, 0.1) is 10.8 Å². The molecule has 2 aliphatic carbocycles. The highest BCUT2D eigenvalue weighted by molar-refractivity contribution is 5.09. The van der Waals surface area contributed by atoms with E-state index in [-0.39, 0.29) is 23.0 Å².